The lowest BCUT2D eigenvalue weighted by molar-refractivity contribution is 0.284. The molecule has 0 aliphatic heterocycles. The van der Waals surface area contributed by atoms with Crippen LogP contribution in [0.4, 0.5) is 0 Å². The predicted molar refractivity (Wildman–Crippen MR) is 78.2 cm³/mol. The molecule has 1 atom stereocenters. The maximum atomic E-state index is 6.33. The molecule has 0 amide bonds. The van der Waals surface area contributed by atoms with Crippen molar-refractivity contribution >= 4 is 11.6 Å². The van der Waals surface area contributed by atoms with Crippen molar-refractivity contribution in [3.8, 4) is 0 Å². The first-order valence-electron chi connectivity index (χ1n) is 6.82. The molecule has 1 aromatic heterocycles. The summed E-state index contributed by atoms with van der Waals surface area (Å²) in [6.45, 7) is 10.8. The second-order valence-corrected chi connectivity index (χ2v) is 5.87. The van der Waals surface area contributed by atoms with Crippen molar-refractivity contribution in [1.82, 2.24) is 15.1 Å². The van der Waals surface area contributed by atoms with Gasteiger partial charge < -0.3 is 5.32 Å². The summed E-state index contributed by atoms with van der Waals surface area (Å²) < 4.78 is 1.92. The van der Waals surface area contributed by atoms with E-state index in [1.54, 1.807) is 0 Å². The molecule has 104 valence electrons. The van der Waals surface area contributed by atoms with Crippen LogP contribution in [0, 0.1) is 12.3 Å². The van der Waals surface area contributed by atoms with Crippen molar-refractivity contribution in [3.05, 3.63) is 16.4 Å². The highest BCUT2D eigenvalue weighted by molar-refractivity contribution is 6.31. The van der Waals surface area contributed by atoms with Crippen molar-refractivity contribution in [2.75, 3.05) is 13.1 Å². The molecule has 0 saturated carbocycles. The van der Waals surface area contributed by atoms with E-state index in [-0.39, 0.29) is 5.41 Å². The number of aryl methyl sites for hydroxylation is 2. The fraction of sp³-hybridized carbons (Fsp3) is 0.786. The summed E-state index contributed by atoms with van der Waals surface area (Å²) in [5, 5.41) is 8.74. The van der Waals surface area contributed by atoms with Crippen LogP contribution in [-0.2, 0) is 13.5 Å². The molecule has 1 N–H and O–H groups in total. The first-order valence-corrected chi connectivity index (χ1v) is 7.20. The SMILES string of the molecule is CCCNCC(C)(CC)Cc1c(Cl)c(C)nn1C. The van der Waals surface area contributed by atoms with Gasteiger partial charge in [-0.15, -0.1) is 0 Å². The molecule has 0 aromatic carbocycles. The van der Waals surface area contributed by atoms with Crippen LogP contribution < -0.4 is 5.32 Å². The van der Waals surface area contributed by atoms with E-state index < -0.39 is 0 Å². The average molecular weight is 272 g/mol. The highest BCUT2D eigenvalue weighted by Gasteiger charge is 2.26. The van der Waals surface area contributed by atoms with Crippen LogP contribution in [0.2, 0.25) is 5.02 Å². The van der Waals surface area contributed by atoms with Gasteiger partial charge in [0.05, 0.1) is 16.4 Å². The van der Waals surface area contributed by atoms with E-state index in [4.69, 9.17) is 11.6 Å². The van der Waals surface area contributed by atoms with Gasteiger partial charge in [-0.25, -0.2) is 0 Å². The van der Waals surface area contributed by atoms with Crippen molar-refractivity contribution in [1.29, 1.82) is 0 Å². The van der Waals surface area contributed by atoms with Gasteiger partial charge in [0.2, 0.25) is 0 Å². The summed E-state index contributed by atoms with van der Waals surface area (Å²) in [6, 6.07) is 0. The van der Waals surface area contributed by atoms with Gasteiger partial charge in [-0.1, -0.05) is 32.4 Å². The van der Waals surface area contributed by atoms with Crippen LogP contribution in [0.1, 0.15) is 45.0 Å². The Balaban J connectivity index is 2.78. The van der Waals surface area contributed by atoms with Crippen LogP contribution in [0.3, 0.4) is 0 Å². The Morgan fingerprint density at radius 1 is 1.39 bits per heavy atom. The van der Waals surface area contributed by atoms with E-state index in [2.05, 4.69) is 31.2 Å². The monoisotopic (exact) mass is 271 g/mol. The molecule has 1 heterocycles. The Hall–Kier alpha value is -0.540. The zero-order valence-corrected chi connectivity index (χ0v) is 13.1. The largest absolute Gasteiger partial charge is 0.316 e. The van der Waals surface area contributed by atoms with E-state index in [0.717, 1.165) is 42.3 Å². The number of hydrogen-bond acceptors (Lipinski definition) is 2. The standard InChI is InChI=1S/C14H26ClN3/c1-6-8-16-10-14(4,7-2)9-12-13(15)11(3)17-18(12)5/h16H,6-10H2,1-5H3. The van der Waals surface area contributed by atoms with Gasteiger partial charge in [0.25, 0.3) is 0 Å². The minimum Gasteiger partial charge on any atom is -0.316 e. The highest BCUT2D eigenvalue weighted by Crippen LogP contribution is 2.30. The van der Waals surface area contributed by atoms with Gasteiger partial charge in [0.15, 0.2) is 0 Å². The lowest BCUT2D eigenvalue weighted by Crippen LogP contribution is -2.34. The Kier molecular flexibility index (Phi) is 5.67. The number of aromatic nitrogens is 2. The molecule has 0 fully saturated rings. The number of nitrogens with zero attached hydrogens (tertiary/aromatic N) is 2. The predicted octanol–water partition coefficient (Wildman–Crippen LogP) is 3.34. The van der Waals surface area contributed by atoms with Crippen molar-refractivity contribution in [2.24, 2.45) is 12.5 Å². The molecule has 1 rings (SSSR count). The molecule has 0 aliphatic carbocycles. The smallest absolute Gasteiger partial charge is 0.0847 e. The molecular formula is C14H26ClN3. The van der Waals surface area contributed by atoms with Crippen LogP contribution in [0.25, 0.3) is 0 Å². The van der Waals surface area contributed by atoms with Crippen molar-refractivity contribution < 1.29 is 0 Å². The van der Waals surface area contributed by atoms with Crippen LogP contribution in [0.5, 0.6) is 0 Å². The third-order valence-electron chi connectivity index (χ3n) is 3.69. The summed E-state index contributed by atoms with van der Waals surface area (Å²) in [4.78, 5) is 0. The fourth-order valence-corrected chi connectivity index (χ4v) is 2.38. The third-order valence-corrected chi connectivity index (χ3v) is 4.18. The fourth-order valence-electron chi connectivity index (χ4n) is 2.16. The maximum Gasteiger partial charge on any atom is 0.0847 e. The average Bonchev–Trinajstić information content (AvgIpc) is 2.56. The second-order valence-electron chi connectivity index (χ2n) is 5.49. The number of hydrogen-bond donors (Lipinski definition) is 1. The molecule has 4 heteroatoms. The first kappa shape index (κ1) is 15.5. The lowest BCUT2D eigenvalue weighted by Gasteiger charge is -2.29. The molecule has 18 heavy (non-hydrogen) atoms. The van der Waals surface area contributed by atoms with Crippen LogP contribution in [0.15, 0.2) is 0 Å². The van der Waals surface area contributed by atoms with Crippen molar-refractivity contribution in [3.63, 3.8) is 0 Å². The zero-order chi connectivity index (χ0) is 13.8. The molecule has 0 spiro atoms. The highest BCUT2D eigenvalue weighted by atomic mass is 35.5. The Morgan fingerprint density at radius 3 is 2.50 bits per heavy atom. The lowest BCUT2D eigenvalue weighted by atomic mass is 9.82. The summed E-state index contributed by atoms with van der Waals surface area (Å²) >= 11 is 6.33. The third kappa shape index (κ3) is 3.72. The van der Waals surface area contributed by atoms with Gasteiger partial charge in [0, 0.05) is 13.6 Å². The Morgan fingerprint density at radius 2 is 2.06 bits per heavy atom. The summed E-state index contributed by atoms with van der Waals surface area (Å²) in [6.07, 6.45) is 3.27. The van der Waals surface area contributed by atoms with E-state index >= 15 is 0 Å². The number of rotatable bonds is 7. The van der Waals surface area contributed by atoms with E-state index in [1.807, 2.05) is 18.7 Å². The number of nitrogens with one attached hydrogen (secondary N) is 1. The van der Waals surface area contributed by atoms with E-state index in [0.29, 0.717) is 0 Å². The van der Waals surface area contributed by atoms with Gasteiger partial charge in [-0.05, 0) is 38.1 Å². The molecule has 0 bridgehead atoms. The van der Waals surface area contributed by atoms with Gasteiger partial charge in [-0.2, -0.15) is 5.10 Å². The Labute approximate surface area is 116 Å². The zero-order valence-electron chi connectivity index (χ0n) is 12.3. The second kappa shape index (κ2) is 6.58. The molecule has 3 nitrogen and oxygen atoms in total. The summed E-state index contributed by atoms with van der Waals surface area (Å²) in [5.74, 6) is 0. The number of halogens is 1. The maximum absolute atomic E-state index is 6.33. The van der Waals surface area contributed by atoms with Crippen LogP contribution >= 0.6 is 11.6 Å². The van der Waals surface area contributed by atoms with Gasteiger partial charge >= 0.3 is 0 Å². The molecular weight excluding hydrogens is 246 g/mol. The van der Waals surface area contributed by atoms with Crippen molar-refractivity contribution in [2.45, 2.75) is 47.0 Å². The quantitative estimate of drug-likeness (QED) is 0.771. The van der Waals surface area contributed by atoms with Gasteiger partial charge in [-0.3, -0.25) is 4.68 Å². The van der Waals surface area contributed by atoms with Crippen LogP contribution in [-0.4, -0.2) is 22.9 Å². The molecule has 0 radical (unpaired) electrons. The van der Waals surface area contributed by atoms with E-state index in [9.17, 15) is 0 Å². The summed E-state index contributed by atoms with van der Waals surface area (Å²) in [5.41, 5.74) is 2.31. The Bertz CT molecular complexity index is 387. The minimum atomic E-state index is 0.235. The molecule has 1 unspecified atom stereocenters. The molecule has 1 aromatic rings. The normalized spacial score (nSPS) is 14.8. The molecule has 0 saturated heterocycles. The van der Waals surface area contributed by atoms with Gasteiger partial charge in [0.1, 0.15) is 0 Å². The minimum absolute atomic E-state index is 0.235. The molecule has 0 aliphatic rings. The van der Waals surface area contributed by atoms with E-state index in [1.165, 1.54) is 6.42 Å². The first-order chi connectivity index (χ1) is 8.43. The topological polar surface area (TPSA) is 29.9 Å². The summed E-state index contributed by atoms with van der Waals surface area (Å²) in [7, 11) is 1.98.